The van der Waals surface area contributed by atoms with Gasteiger partial charge in [0.05, 0.1) is 6.61 Å². The summed E-state index contributed by atoms with van der Waals surface area (Å²) < 4.78 is 5.49. The predicted molar refractivity (Wildman–Crippen MR) is 61.9 cm³/mol. The lowest BCUT2D eigenvalue weighted by Crippen LogP contribution is -1.96. The molecule has 0 aromatic heterocycles. The van der Waals surface area contributed by atoms with E-state index in [9.17, 15) is 4.79 Å². The van der Waals surface area contributed by atoms with Crippen LogP contribution in [0, 0.1) is 0 Å². The number of hydrogen-bond donors (Lipinski definition) is 0. The third-order valence-corrected chi connectivity index (χ3v) is 2.03. The molecule has 0 atom stereocenters. The van der Waals surface area contributed by atoms with Crippen molar-refractivity contribution in [2.45, 2.75) is 20.8 Å². The lowest BCUT2D eigenvalue weighted by molar-refractivity contribution is -0.112. The quantitative estimate of drug-likeness (QED) is 0.704. The van der Waals surface area contributed by atoms with Crippen LogP contribution in [0.5, 0.6) is 5.75 Å². The fourth-order valence-corrected chi connectivity index (χ4v) is 1.46. The average Bonchev–Trinajstić information content (AvgIpc) is 2.18. The van der Waals surface area contributed by atoms with E-state index >= 15 is 0 Å². The van der Waals surface area contributed by atoms with Crippen LogP contribution < -0.4 is 4.74 Å². The molecule has 0 unspecified atom stereocenters. The molecule has 80 valence electrons. The third kappa shape index (κ3) is 3.24. The molecule has 2 nitrogen and oxygen atoms in total. The van der Waals surface area contributed by atoms with Crippen molar-refractivity contribution in [1.29, 1.82) is 0 Å². The molecule has 1 aromatic rings. The van der Waals surface area contributed by atoms with Gasteiger partial charge in [0.25, 0.3) is 0 Å². The fraction of sp³-hybridized carbons (Fsp3) is 0.308. The SMILES string of the molecule is CCOc1ccccc1/C(C)=C/C(C)=O. The third-order valence-electron chi connectivity index (χ3n) is 2.03. The molecule has 0 radical (unpaired) electrons. The first-order chi connectivity index (χ1) is 7.15. The van der Waals surface area contributed by atoms with Crippen molar-refractivity contribution in [3.63, 3.8) is 0 Å². The fourth-order valence-electron chi connectivity index (χ4n) is 1.46. The summed E-state index contributed by atoms with van der Waals surface area (Å²) in [6.07, 6.45) is 1.62. The molecule has 1 rings (SSSR count). The number of ketones is 1. The van der Waals surface area contributed by atoms with Crippen molar-refractivity contribution >= 4 is 11.4 Å². The van der Waals surface area contributed by atoms with E-state index in [4.69, 9.17) is 4.74 Å². The second-order valence-corrected chi connectivity index (χ2v) is 3.37. The van der Waals surface area contributed by atoms with E-state index in [0.717, 1.165) is 16.9 Å². The zero-order valence-electron chi connectivity index (χ0n) is 9.41. The minimum Gasteiger partial charge on any atom is -0.493 e. The molecule has 0 aliphatic heterocycles. The van der Waals surface area contributed by atoms with Crippen LogP contribution in [-0.4, -0.2) is 12.4 Å². The normalized spacial score (nSPS) is 11.3. The van der Waals surface area contributed by atoms with E-state index in [1.165, 1.54) is 0 Å². The molecule has 0 N–H and O–H groups in total. The number of benzene rings is 1. The van der Waals surface area contributed by atoms with Gasteiger partial charge in [0, 0.05) is 5.56 Å². The molecular weight excluding hydrogens is 188 g/mol. The Morgan fingerprint density at radius 1 is 1.33 bits per heavy atom. The molecule has 2 heteroatoms. The molecule has 0 aliphatic rings. The second-order valence-electron chi connectivity index (χ2n) is 3.37. The summed E-state index contributed by atoms with van der Waals surface area (Å²) in [6, 6.07) is 7.74. The van der Waals surface area contributed by atoms with E-state index in [-0.39, 0.29) is 5.78 Å². The highest BCUT2D eigenvalue weighted by atomic mass is 16.5. The van der Waals surface area contributed by atoms with Gasteiger partial charge in [0.2, 0.25) is 0 Å². The van der Waals surface area contributed by atoms with Crippen LogP contribution in [0.25, 0.3) is 5.57 Å². The van der Waals surface area contributed by atoms with Gasteiger partial charge in [0.15, 0.2) is 5.78 Å². The van der Waals surface area contributed by atoms with Gasteiger partial charge in [-0.2, -0.15) is 0 Å². The van der Waals surface area contributed by atoms with Gasteiger partial charge in [-0.3, -0.25) is 4.79 Å². The smallest absolute Gasteiger partial charge is 0.152 e. The van der Waals surface area contributed by atoms with Gasteiger partial charge in [-0.25, -0.2) is 0 Å². The first kappa shape index (κ1) is 11.5. The van der Waals surface area contributed by atoms with Crippen LogP contribution in [0.3, 0.4) is 0 Å². The average molecular weight is 204 g/mol. The van der Waals surface area contributed by atoms with Crippen molar-refractivity contribution < 1.29 is 9.53 Å². The zero-order valence-corrected chi connectivity index (χ0v) is 9.41. The Morgan fingerprint density at radius 3 is 2.60 bits per heavy atom. The maximum Gasteiger partial charge on any atom is 0.152 e. The van der Waals surface area contributed by atoms with Crippen LogP contribution in [0.15, 0.2) is 30.3 Å². The van der Waals surface area contributed by atoms with Crippen LogP contribution >= 0.6 is 0 Å². The minimum atomic E-state index is 0.0544. The number of rotatable bonds is 4. The largest absolute Gasteiger partial charge is 0.493 e. The van der Waals surface area contributed by atoms with Crippen LogP contribution in [0.4, 0.5) is 0 Å². The lowest BCUT2D eigenvalue weighted by Gasteiger charge is -2.09. The molecule has 0 bridgehead atoms. The maximum absolute atomic E-state index is 11.0. The van der Waals surface area contributed by atoms with Crippen molar-refractivity contribution in [2.24, 2.45) is 0 Å². The summed E-state index contributed by atoms with van der Waals surface area (Å²) in [5.41, 5.74) is 1.92. The van der Waals surface area contributed by atoms with E-state index in [1.807, 2.05) is 38.1 Å². The summed E-state index contributed by atoms with van der Waals surface area (Å²) in [5, 5.41) is 0. The Morgan fingerprint density at radius 2 is 2.00 bits per heavy atom. The first-order valence-corrected chi connectivity index (χ1v) is 5.06. The zero-order chi connectivity index (χ0) is 11.3. The van der Waals surface area contributed by atoms with E-state index in [1.54, 1.807) is 13.0 Å². The summed E-state index contributed by atoms with van der Waals surface area (Å²) >= 11 is 0. The molecule has 0 fully saturated rings. The Balaban J connectivity index is 3.07. The van der Waals surface area contributed by atoms with Gasteiger partial charge in [-0.1, -0.05) is 18.2 Å². The van der Waals surface area contributed by atoms with Crippen molar-refractivity contribution in [3.05, 3.63) is 35.9 Å². The highest BCUT2D eigenvalue weighted by Crippen LogP contribution is 2.25. The number of carbonyl (C=O) groups is 1. The Hall–Kier alpha value is -1.57. The van der Waals surface area contributed by atoms with Crippen molar-refractivity contribution in [2.75, 3.05) is 6.61 Å². The van der Waals surface area contributed by atoms with E-state index < -0.39 is 0 Å². The second kappa shape index (κ2) is 5.35. The Kier molecular flexibility index (Phi) is 4.10. The van der Waals surface area contributed by atoms with E-state index in [0.29, 0.717) is 6.61 Å². The van der Waals surface area contributed by atoms with Gasteiger partial charge in [-0.05, 0) is 38.5 Å². The van der Waals surface area contributed by atoms with Crippen LogP contribution in [0.1, 0.15) is 26.3 Å². The number of ether oxygens (including phenoxy) is 1. The maximum atomic E-state index is 11.0. The molecule has 0 heterocycles. The monoisotopic (exact) mass is 204 g/mol. The molecule has 0 saturated carbocycles. The molecule has 0 spiro atoms. The van der Waals surface area contributed by atoms with Gasteiger partial charge < -0.3 is 4.74 Å². The van der Waals surface area contributed by atoms with Gasteiger partial charge in [0.1, 0.15) is 5.75 Å². The van der Waals surface area contributed by atoms with E-state index in [2.05, 4.69) is 0 Å². The topological polar surface area (TPSA) is 26.3 Å². The molecule has 1 aromatic carbocycles. The number of para-hydroxylation sites is 1. The van der Waals surface area contributed by atoms with Crippen LogP contribution in [-0.2, 0) is 4.79 Å². The molecule has 15 heavy (non-hydrogen) atoms. The molecular formula is C13H16O2. The van der Waals surface area contributed by atoms with Crippen molar-refractivity contribution in [3.8, 4) is 5.75 Å². The summed E-state index contributed by atoms with van der Waals surface area (Å²) in [7, 11) is 0. The standard InChI is InChI=1S/C13H16O2/c1-4-15-13-8-6-5-7-12(13)10(2)9-11(3)14/h5-9H,4H2,1-3H3/b10-9+. The van der Waals surface area contributed by atoms with Gasteiger partial charge in [-0.15, -0.1) is 0 Å². The highest BCUT2D eigenvalue weighted by Gasteiger charge is 2.04. The molecule has 0 aliphatic carbocycles. The van der Waals surface area contributed by atoms with Gasteiger partial charge >= 0.3 is 0 Å². The number of hydrogen-bond acceptors (Lipinski definition) is 2. The summed E-state index contributed by atoms with van der Waals surface area (Å²) in [6.45, 7) is 6.04. The highest BCUT2D eigenvalue weighted by molar-refractivity contribution is 5.95. The minimum absolute atomic E-state index is 0.0544. The molecule has 0 saturated heterocycles. The Bertz CT molecular complexity index is 378. The number of allylic oxidation sites excluding steroid dienone is 2. The lowest BCUT2D eigenvalue weighted by atomic mass is 10.1. The first-order valence-electron chi connectivity index (χ1n) is 5.06. The van der Waals surface area contributed by atoms with Crippen LogP contribution in [0.2, 0.25) is 0 Å². The summed E-state index contributed by atoms with van der Waals surface area (Å²) in [4.78, 5) is 11.0. The predicted octanol–water partition coefficient (Wildman–Crippen LogP) is 3.08. The summed E-state index contributed by atoms with van der Waals surface area (Å²) in [5.74, 6) is 0.883. The molecule has 0 amide bonds. The number of carbonyl (C=O) groups excluding carboxylic acids is 1. The van der Waals surface area contributed by atoms with Crippen molar-refractivity contribution in [1.82, 2.24) is 0 Å². The Labute approximate surface area is 90.6 Å².